The zero-order valence-electron chi connectivity index (χ0n) is 17.6. The van der Waals surface area contributed by atoms with Crippen molar-refractivity contribution in [2.24, 2.45) is 7.05 Å². The smallest absolute Gasteiger partial charge is 0.354 e. The highest BCUT2D eigenvalue weighted by Gasteiger charge is 2.40. The Hall–Kier alpha value is -2.65. The van der Waals surface area contributed by atoms with Crippen LogP contribution in [0.25, 0.3) is 0 Å². The Morgan fingerprint density at radius 1 is 1.27 bits per heavy atom. The molecule has 30 heavy (non-hydrogen) atoms. The summed E-state index contributed by atoms with van der Waals surface area (Å²) in [5.41, 5.74) is 2.81. The molecule has 9 heteroatoms. The van der Waals surface area contributed by atoms with Crippen molar-refractivity contribution in [1.29, 1.82) is 0 Å². The van der Waals surface area contributed by atoms with Crippen molar-refractivity contribution < 1.29 is 22.7 Å². The van der Waals surface area contributed by atoms with Crippen molar-refractivity contribution in [1.82, 2.24) is 8.87 Å². The molecule has 1 aliphatic heterocycles. The molecule has 1 aromatic carbocycles. The van der Waals surface area contributed by atoms with E-state index in [2.05, 4.69) is 5.32 Å². The van der Waals surface area contributed by atoms with Crippen molar-refractivity contribution >= 4 is 27.6 Å². The van der Waals surface area contributed by atoms with Crippen LogP contribution < -0.4 is 5.32 Å². The normalized spacial score (nSPS) is 17.1. The zero-order chi connectivity index (χ0) is 22.1. The minimum absolute atomic E-state index is 0.0283. The van der Waals surface area contributed by atoms with E-state index in [0.29, 0.717) is 18.5 Å². The predicted octanol–water partition coefficient (Wildman–Crippen LogP) is 2.61. The van der Waals surface area contributed by atoms with Crippen molar-refractivity contribution in [3.05, 3.63) is 47.3 Å². The number of esters is 1. The largest absolute Gasteiger partial charge is 0.461 e. The standard InChI is InChI=1S/C21H27N3O5S/c1-5-29-21(26)19-12-16(13-23(19)4)30(27,28)24-11-7-10-18(24)20(25)22-17-9-6-8-14(2)15(17)3/h6,8-9,12-13,18H,5,7,10-11H2,1-4H3,(H,22,25)/t18-/m0/s1. The average Bonchev–Trinajstić information content (AvgIpc) is 3.33. The van der Waals surface area contributed by atoms with Gasteiger partial charge in [-0.05, 0) is 56.9 Å². The highest BCUT2D eigenvalue weighted by Crippen LogP contribution is 2.29. The molecule has 1 fully saturated rings. The number of sulfonamides is 1. The summed E-state index contributed by atoms with van der Waals surface area (Å²) < 4.78 is 34.1. The minimum atomic E-state index is -3.95. The first-order valence-electron chi connectivity index (χ1n) is 9.89. The number of rotatable bonds is 6. The Bertz CT molecular complexity index is 1070. The van der Waals surface area contributed by atoms with Crippen molar-refractivity contribution in [3.63, 3.8) is 0 Å². The monoisotopic (exact) mass is 433 g/mol. The molecule has 2 aromatic rings. The summed E-state index contributed by atoms with van der Waals surface area (Å²) in [7, 11) is -2.37. The van der Waals surface area contributed by atoms with Crippen molar-refractivity contribution in [2.45, 2.75) is 44.6 Å². The Kier molecular flexibility index (Phi) is 6.33. The van der Waals surface area contributed by atoms with Crippen molar-refractivity contribution in [2.75, 3.05) is 18.5 Å². The maximum atomic E-state index is 13.2. The Balaban J connectivity index is 1.85. The lowest BCUT2D eigenvalue weighted by Crippen LogP contribution is -2.43. The fourth-order valence-electron chi connectivity index (χ4n) is 3.61. The molecule has 1 N–H and O–H groups in total. The van der Waals surface area contributed by atoms with Crippen LogP contribution >= 0.6 is 0 Å². The van der Waals surface area contributed by atoms with Crippen molar-refractivity contribution in [3.8, 4) is 0 Å². The van der Waals surface area contributed by atoms with E-state index in [1.54, 1.807) is 20.0 Å². The maximum absolute atomic E-state index is 13.2. The SMILES string of the molecule is CCOC(=O)c1cc(S(=O)(=O)N2CCC[C@H]2C(=O)Nc2cccc(C)c2C)cn1C. The summed E-state index contributed by atoms with van der Waals surface area (Å²) in [4.78, 5) is 25.0. The van der Waals surface area contributed by atoms with Gasteiger partial charge in [0.1, 0.15) is 16.6 Å². The number of carbonyl (C=O) groups excluding carboxylic acids is 2. The third-order valence-electron chi connectivity index (χ3n) is 5.44. The van der Waals surface area contributed by atoms with Crippen LogP contribution in [0.15, 0.2) is 35.4 Å². The van der Waals surface area contributed by atoms with Gasteiger partial charge >= 0.3 is 5.97 Å². The van der Waals surface area contributed by atoms with Crippen LogP contribution in [-0.4, -0.2) is 48.4 Å². The number of hydrogen-bond acceptors (Lipinski definition) is 5. The summed E-state index contributed by atoms with van der Waals surface area (Å²) >= 11 is 0. The predicted molar refractivity (Wildman–Crippen MR) is 113 cm³/mol. The third kappa shape index (κ3) is 4.13. The van der Waals surface area contributed by atoms with Gasteiger partial charge < -0.3 is 14.6 Å². The maximum Gasteiger partial charge on any atom is 0.354 e. The number of aryl methyl sites for hydroxylation is 2. The van der Waals surface area contributed by atoms with Crippen LogP contribution in [0.3, 0.4) is 0 Å². The molecule has 1 aliphatic rings. The van der Waals surface area contributed by atoms with E-state index in [1.165, 1.54) is 21.1 Å². The highest BCUT2D eigenvalue weighted by atomic mass is 32.2. The number of hydrogen-bond donors (Lipinski definition) is 1. The van der Waals surface area contributed by atoms with Gasteiger partial charge in [-0.25, -0.2) is 13.2 Å². The molecule has 1 atom stereocenters. The number of nitrogens with zero attached hydrogens (tertiary/aromatic N) is 2. The molecular formula is C21H27N3O5S. The second-order valence-electron chi connectivity index (χ2n) is 7.40. The first-order valence-corrected chi connectivity index (χ1v) is 11.3. The van der Waals surface area contributed by atoms with E-state index < -0.39 is 22.0 Å². The quantitative estimate of drug-likeness (QED) is 0.706. The fraction of sp³-hybridized carbons (Fsp3) is 0.429. The molecule has 1 amide bonds. The Morgan fingerprint density at radius 3 is 2.70 bits per heavy atom. The number of ether oxygens (including phenoxy) is 1. The molecule has 0 spiro atoms. The molecule has 1 saturated heterocycles. The number of carbonyl (C=O) groups is 2. The summed E-state index contributed by atoms with van der Waals surface area (Å²) in [5.74, 6) is -0.946. The molecule has 2 heterocycles. The molecule has 0 aliphatic carbocycles. The van der Waals surface area contributed by atoms with Gasteiger partial charge in [0.15, 0.2) is 0 Å². The van der Waals surface area contributed by atoms with Crippen LogP contribution in [0.4, 0.5) is 5.69 Å². The van der Waals surface area contributed by atoms with Crippen LogP contribution in [0.1, 0.15) is 41.4 Å². The lowest BCUT2D eigenvalue weighted by atomic mass is 10.1. The summed E-state index contributed by atoms with van der Waals surface area (Å²) in [6.07, 6.45) is 2.40. The van der Waals surface area contributed by atoms with E-state index in [1.807, 2.05) is 26.0 Å². The van der Waals surface area contributed by atoms with Crippen LogP contribution in [-0.2, 0) is 26.6 Å². The molecular weight excluding hydrogens is 406 g/mol. The second-order valence-corrected chi connectivity index (χ2v) is 9.29. The molecule has 8 nitrogen and oxygen atoms in total. The van der Waals surface area contributed by atoms with E-state index in [0.717, 1.165) is 11.1 Å². The molecule has 0 bridgehead atoms. The Morgan fingerprint density at radius 2 is 2.00 bits per heavy atom. The zero-order valence-corrected chi connectivity index (χ0v) is 18.5. The summed E-state index contributed by atoms with van der Waals surface area (Å²) in [6.45, 7) is 5.99. The lowest BCUT2D eigenvalue weighted by Gasteiger charge is -2.23. The number of anilines is 1. The first-order chi connectivity index (χ1) is 14.2. The van der Waals surface area contributed by atoms with Crippen LogP contribution in [0.2, 0.25) is 0 Å². The molecule has 0 radical (unpaired) electrons. The minimum Gasteiger partial charge on any atom is -0.461 e. The van der Waals surface area contributed by atoms with E-state index in [9.17, 15) is 18.0 Å². The van der Waals surface area contributed by atoms with Gasteiger partial charge in [0.25, 0.3) is 0 Å². The first kappa shape index (κ1) is 22.0. The van der Waals surface area contributed by atoms with Gasteiger partial charge in [-0.3, -0.25) is 4.79 Å². The molecule has 162 valence electrons. The highest BCUT2D eigenvalue weighted by molar-refractivity contribution is 7.89. The molecule has 1 aromatic heterocycles. The number of benzene rings is 1. The second kappa shape index (κ2) is 8.61. The van der Waals surface area contributed by atoms with E-state index in [-0.39, 0.29) is 29.6 Å². The van der Waals surface area contributed by atoms with Crippen LogP contribution in [0, 0.1) is 13.8 Å². The van der Waals surface area contributed by atoms with Gasteiger partial charge in [0.2, 0.25) is 15.9 Å². The number of nitrogens with one attached hydrogen (secondary N) is 1. The molecule has 3 rings (SSSR count). The lowest BCUT2D eigenvalue weighted by molar-refractivity contribution is -0.119. The fourth-order valence-corrected chi connectivity index (χ4v) is 5.34. The van der Waals surface area contributed by atoms with Gasteiger partial charge in [-0.2, -0.15) is 4.31 Å². The van der Waals surface area contributed by atoms with E-state index >= 15 is 0 Å². The van der Waals surface area contributed by atoms with Gasteiger partial charge in [-0.15, -0.1) is 0 Å². The molecule has 0 unspecified atom stereocenters. The number of aromatic nitrogens is 1. The average molecular weight is 434 g/mol. The summed E-state index contributed by atoms with van der Waals surface area (Å²) in [5, 5.41) is 2.87. The van der Waals surface area contributed by atoms with Gasteiger partial charge in [-0.1, -0.05) is 12.1 Å². The molecule has 0 saturated carbocycles. The van der Waals surface area contributed by atoms with E-state index in [4.69, 9.17) is 4.74 Å². The topological polar surface area (TPSA) is 97.7 Å². The third-order valence-corrected chi connectivity index (χ3v) is 7.31. The van der Waals surface area contributed by atoms with Gasteiger partial charge in [0, 0.05) is 25.5 Å². The van der Waals surface area contributed by atoms with Crippen LogP contribution in [0.5, 0.6) is 0 Å². The summed E-state index contributed by atoms with van der Waals surface area (Å²) in [6, 6.07) is 6.10. The van der Waals surface area contributed by atoms with Gasteiger partial charge in [0.05, 0.1) is 6.61 Å². The number of amides is 1. The Labute approximate surface area is 176 Å².